The zero-order valence-corrected chi connectivity index (χ0v) is 14.4. The number of fused-ring (bicyclic) bond motifs is 1. The Kier molecular flexibility index (Phi) is 4.27. The molecule has 0 aliphatic heterocycles. The first-order chi connectivity index (χ1) is 12.6. The van der Waals surface area contributed by atoms with Gasteiger partial charge in [0.15, 0.2) is 5.43 Å². The molecule has 4 rings (SSSR count). The van der Waals surface area contributed by atoms with E-state index in [9.17, 15) is 9.18 Å². The molecule has 26 heavy (non-hydrogen) atoms. The molecule has 0 N–H and O–H groups in total. The Morgan fingerprint density at radius 1 is 1.00 bits per heavy atom. The molecule has 0 amide bonds. The van der Waals surface area contributed by atoms with Crippen LogP contribution in [-0.2, 0) is 6.54 Å². The summed E-state index contributed by atoms with van der Waals surface area (Å²) >= 11 is 6.24. The Labute approximate surface area is 154 Å². The van der Waals surface area contributed by atoms with Crippen molar-refractivity contribution in [2.24, 2.45) is 0 Å². The molecule has 128 valence electrons. The van der Waals surface area contributed by atoms with E-state index >= 15 is 0 Å². The minimum absolute atomic E-state index is 0.165. The maximum atomic E-state index is 13.3. The number of pyridine rings is 2. The highest BCUT2D eigenvalue weighted by atomic mass is 35.5. The fraction of sp³-hybridized carbons (Fsp3) is 0.0476. The van der Waals surface area contributed by atoms with E-state index in [0.717, 1.165) is 5.56 Å². The van der Waals surface area contributed by atoms with Gasteiger partial charge in [0.1, 0.15) is 11.0 Å². The Bertz CT molecular complexity index is 1140. The number of hydrogen-bond donors (Lipinski definition) is 0. The topological polar surface area (TPSA) is 34.9 Å². The lowest BCUT2D eigenvalue weighted by Gasteiger charge is -2.14. The highest BCUT2D eigenvalue weighted by Crippen LogP contribution is 2.24. The Balaban J connectivity index is 1.98. The smallest absolute Gasteiger partial charge is 0.200 e. The fourth-order valence-corrected chi connectivity index (χ4v) is 3.28. The van der Waals surface area contributed by atoms with Gasteiger partial charge in [0.25, 0.3) is 0 Å². The first-order valence-corrected chi connectivity index (χ1v) is 8.49. The summed E-state index contributed by atoms with van der Waals surface area (Å²) in [6.45, 7) is 0.576. The largest absolute Gasteiger partial charge is 0.342 e. The summed E-state index contributed by atoms with van der Waals surface area (Å²) in [5.74, 6) is -0.348. The van der Waals surface area contributed by atoms with Gasteiger partial charge in [0, 0.05) is 24.5 Å². The third kappa shape index (κ3) is 3.00. The van der Waals surface area contributed by atoms with Gasteiger partial charge < -0.3 is 4.57 Å². The quantitative estimate of drug-likeness (QED) is 0.484. The van der Waals surface area contributed by atoms with Crippen LogP contribution in [0.4, 0.5) is 4.39 Å². The molecule has 0 saturated heterocycles. The van der Waals surface area contributed by atoms with Gasteiger partial charge in [-0.25, -0.2) is 9.37 Å². The van der Waals surface area contributed by atoms with Crippen molar-refractivity contribution in [3.05, 3.63) is 99.8 Å². The fourth-order valence-electron chi connectivity index (χ4n) is 3.04. The molecule has 2 heterocycles. The predicted octanol–water partition coefficient (Wildman–Crippen LogP) is 4.90. The highest BCUT2D eigenvalue weighted by Gasteiger charge is 2.14. The van der Waals surface area contributed by atoms with E-state index < -0.39 is 0 Å². The summed E-state index contributed by atoms with van der Waals surface area (Å²) in [5.41, 5.74) is 2.69. The van der Waals surface area contributed by atoms with E-state index in [1.807, 2.05) is 34.9 Å². The van der Waals surface area contributed by atoms with Crippen molar-refractivity contribution in [1.82, 2.24) is 9.55 Å². The van der Waals surface area contributed by atoms with Crippen LogP contribution in [0.5, 0.6) is 0 Å². The summed E-state index contributed by atoms with van der Waals surface area (Å²) < 4.78 is 15.2. The van der Waals surface area contributed by atoms with Gasteiger partial charge in [-0.15, -0.1) is 0 Å². The van der Waals surface area contributed by atoms with Crippen LogP contribution in [0.3, 0.4) is 0 Å². The van der Waals surface area contributed by atoms with Crippen molar-refractivity contribution in [1.29, 1.82) is 0 Å². The third-order valence-electron chi connectivity index (χ3n) is 4.30. The van der Waals surface area contributed by atoms with Gasteiger partial charge in [-0.2, -0.15) is 0 Å². The lowest BCUT2D eigenvalue weighted by atomic mass is 10.0. The molecule has 0 radical (unpaired) electrons. The minimum atomic E-state index is -0.348. The first-order valence-electron chi connectivity index (χ1n) is 8.11. The number of benzene rings is 2. The van der Waals surface area contributed by atoms with Gasteiger partial charge in [-0.3, -0.25) is 4.79 Å². The van der Waals surface area contributed by atoms with Crippen molar-refractivity contribution in [2.45, 2.75) is 6.54 Å². The zero-order chi connectivity index (χ0) is 18.1. The lowest BCUT2D eigenvalue weighted by Crippen LogP contribution is -2.13. The molecule has 0 aliphatic carbocycles. The van der Waals surface area contributed by atoms with Crippen LogP contribution in [0.2, 0.25) is 5.15 Å². The summed E-state index contributed by atoms with van der Waals surface area (Å²) in [6.07, 6.45) is 3.38. The van der Waals surface area contributed by atoms with Crippen LogP contribution in [0.1, 0.15) is 5.56 Å². The number of halogens is 2. The minimum Gasteiger partial charge on any atom is -0.342 e. The molecule has 0 fully saturated rings. The van der Waals surface area contributed by atoms with Crippen molar-refractivity contribution in [2.75, 3.05) is 0 Å². The molecule has 0 atom stereocenters. The van der Waals surface area contributed by atoms with E-state index in [1.54, 1.807) is 30.6 Å². The van der Waals surface area contributed by atoms with E-state index in [4.69, 9.17) is 11.6 Å². The van der Waals surface area contributed by atoms with Crippen molar-refractivity contribution < 1.29 is 4.39 Å². The van der Waals surface area contributed by atoms with E-state index in [-0.39, 0.29) is 16.4 Å². The second kappa shape index (κ2) is 6.73. The van der Waals surface area contributed by atoms with Crippen LogP contribution >= 0.6 is 11.6 Å². The normalized spacial score (nSPS) is 11.0. The Hall–Kier alpha value is -2.98. The average Bonchev–Trinajstić information content (AvgIpc) is 2.66. The number of hydrogen-bond acceptors (Lipinski definition) is 2. The monoisotopic (exact) mass is 364 g/mol. The predicted molar refractivity (Wildman–Crippen MR) is 102 cm³/mol. The summed E-state index contributed by atoms with van der Waals surface area (Å²) in [7, 11) is 0. The number of rotatable bonds is 3. The highest BCUT2D eigenvalue weighted by molar-refractivity contribution is 6.34. The number of aromatic nitrogens is 2. The second-order valence-electron chi connectivity index (χ2n) is 5.99. The molecule has 5 heteroatoms. The maximum absolute atomic E-state index is 13.3. The molecule has 0 saturated carbocycles. The van der Waals surface area contributed by atoms with Crippen LogP contribution in [-0.4, -0.2) is 9.55 Å². The molecule has 0 unspecified atom stereocenters. The molecule has 2 aromatic carbocycles. The Morgan fingerprint density at radius 2 is 1.73 bits per heavy atom. The van der Waals surface area contributed by atoms with Crippen LogP contribution in [0, 0.1) is 5.82 Å². The van der Waals surface area contributed by atoms with Crippen molar-refractivity contribution in [3.8, 4) is 11.1 Å². The second-order valence-corrected chi connectivity index (χ2v) is 6.35. The molecule has 2 aromatic heterocycles. The summed E-state index contributed by atoms with van der Waals surface area (Å²) in [5, 5.41) is 0.533. The van der Waals surface area contributed by atoms with Crippen molar-refractivity contribution >= 4 is 22.5 Å². The molecular weight excluding hydrogens is 351 g/mol. The maximum Gasteiger partial charge on any atom is 0.200 e. The molecule has 0 spiro atoms. The summed E-state index contributed by atoms with van der Waals surface area (Å²) in [4.78, 5) is 17.1. The van der Waals surface area contributed by atoms with Gasteiger partial charge in [0.05, 0.1) is 10.9 Å². The van der Waals surface area contributed by atoms with E-state index in [2.05, 4.69) is 4.98 Å². The molecule has 3 nitrogen and oxygen atoms in total. The van der Waals surface area contributed by atoms with Gasteiger partial charge >= 0.3 is 0 Å². The van der Waals surface area contributed by atoms with E-state index in [1.165, 1.54) is 12.1 Å². The molecule has 0 bridgehead atoms. The lowest BCUT2D eigenvalue weighted by molar-refractivity contribution is 0.628. The summed E-state index contributed by atoms with van der Waals surface area (Å²) in [6, 6.07) is 17.6. The standard InChI is InChI=1S/C21H14ClFN2O/c22-21-19-18(10-11-24-21)25(12-14-4-2-1-3-5-14)13-17(20(19)26)15-6-8-16(23)9-7-15/h1-11,13H,12H2. The molecule has 4 aromatic rings. The van der Waals surface area contributed by atoms with Gasteiger partial charge in [-0.05, 0) is 29.3 Å². The Morgan fingerprint density at radius 3 is 2.46 bits per heavy atom. The van der Waals surface area contributed by atoms with Crippen LogP contribution in [0.15, 0.2) is 77.9 Å². The zero-order valence-electron chi connectivity index (χ0n) is 13.7. The first kappa shape index (κ1) is 16.5. The van der Waals surface area contributed by atoms with Gasteiger partial charge in [-0.1, -0.05) is 54.1 Å². The van der Waals surface area contributed by atoms with Gasteiger partial charge in [0.2, 0.25) is 0 Å². The molecular formula is C21H14ClFN2O. The SMILES string of the molecule is O=c1c(-c2ccc(F)cc2)cn(Cc2ccccc2)c2ccnc(Cl)c12. The van der Waals surface area contributed by atoms with Crippen LogP contribution in [0.25, 0.3) is 22.0 Å². The molecule has 0 aliphatic rings. The van der Waals surface area contributed by atoms with Crippen LogP contribution < -0.4 is 5.43 Å². The average molecular weight is 365 g/mol. The third-order valence-corrected chi connectivity index (χ3v) is 4.59. The number of nitrogens with zero attached hydrogens (tertiary/aromatic N) is 2. The van der Waals surface area contributed by atoms with E-state index in [0.29, 0.717) is 28.6 Å². The van der Waals surface area contributed by atoms with Crippen molar-refractivity contribution in [3.63, 3.8) is 0 Å².